The van der Waals surface area contributed by atoms with Crippen LogP contribution in [0, 0.1) is 11.8 Å². The molecule has 3 heterocycles. The normalized spacial score (nSPS) is 20.4. The molecule has 2 aromatic carbocycles. The van der Waals surface area contributed by atoms with Crippen LogP contribution in [-0.2, 0) is 17.4 Å². The van der Waals surface area contributed by atoms with Crippen molar-refractivity contribution >= 4 is 34.4 Å². The lowest BCUT2D eigenvalue weighted by atomic mass is 9.92. The van der Waals surface area contributed by atoms with E-state index in [9.17, 15) is 22.8 Å². The fraction of sp³-hybridized carbons (Fsp3) is 0.440. The second kappa shape index (κ2) is 9.72. The molecule has 7 nitrogen and oxygen atoms in total. The number of nitrogens with zero attached hydrogens (tertiary/aromatic N) is 4. The summed E-state index contributed by atoms with van der Waals surface area (Å²) in [5.41, 5.74) is 1.53. The zero-order chi connectivity index (χ0) is 25.4. The molecule has 2 aliphatic heterocycles. The quantitative estimate of drug-likeness (QED) is 0.547. The summed E-state index contributed by atoms with van der Waals surface area (Å²) in [6.45, 7) is 2.45. The fourth-order valence-electron chi connectivity index (χ4n) is 5.29. The Hall–Kier alpha value is -3.14. The monoisotopic (exact) mass is 519 g/mol. The summed E-state index contributed by atoms with van der Waals surface area (Å²) in [7, 11) is 0. The number of H-pyrrole nitrogens is 1. The number of hydrogen-bond acceptors (Lipinski definition) is 4. The maximum Gasteiger partial charge on any atom is 0.416 e. The molecular weight excluding hydrogens is 495 g/mol. The van der Waals surface area contributed by atoms with Crippen molar-refractivity contribution in [3.8, 4) is 0 Å². The van der Waals surface area contributed by atoms with Crippen molar-refractivity contribution in [1.82, 2.24) is 25.2 Å². The summed E-state index contributed by atoms with van der Waals surface area (Å²) < 4.78 is 39.2. The molecule has 1 N–H and O–H groups in total. The largest absolute Gasteiger partial charge is 0.416 e. The number of fused-ring (bicyclic) bond motifs is 2. The number of aromatic amines is 1. The lowest BCUT2D eigenvalue weighted by Crippen LogP contribution is -2.34. The maximum absolute atomic E-state index is 13.1. The average Bonchev–Trinajstić information content (AvgIpc) is 3.43. The number of likely N-dealkylation sites (tertiary alicyclic amines) is 2. The number of alkyl halides is 3. The molecular formula is C25H25ClF3N5O2. The van der Waals surface area contributed by atoms with Crippen LogP contribution in [0.15, 0.2) is 36.4 Å². The number of aryl methyl sites for hydroxylation is 1. The van der Waals surface area contributed by atoms with Crippen LogP contribution in [0.3, 0.4) is 0 Å². The molecule has 2 saturated heterocycles. The van der Waals surface area contributed by atoms with Crippen molar-refractivity contribution in [3.63, 3.8) is 0 Å². The molecule has 0 radical (unpaired) electrons. The van der Waals surface area contributed by atoms with E-state index in [1.54, 1.807) is 23.1 Å². The lowest BCUT2D eigenvalue weighted by molar-refractivity contribution is -0.137. The molecule has 0 aliphatic carbocycles. The van der Waals surface area contributed by atoms with Crippen LogP contribution in [0.4, 0.5) is 13.2 Å². The summed E-state index contributed by atoms with van der Waals surface area (Å²) in [6.07, 6.45) is -2.58. The number of rotatable bonds is 4. The van der Waals surface area contributed by atoms with E-state index in [0.717, 1.165) is 25.0 Å². The summed E-state index contributed by atoms with van der Waals surface area (Å²) in [6, 6.07) is 8.70. The lowest BCUT2D eigenvalue weighted by Gasteiger charge is -2.22. The Kier molecular flexibility index (Phi) is 6.63. The molecule has 5 rings (SSSR count). The van der Waals surface area contributed by atoms with Crippen molar-refractivity contribution in [2.45, 2.75) is 31.9 Å². The van der Waals surface area contributed by atoms with Crippen molar-refractivity contribution in [2.75, 3.05) is 26.2 Å². The number of carbonyl (C=O) groups is 2. The third-order valence-corrected chi connectivity index (χ3v) is 7.45. The van der Waals surface area contributed by atoms with Gasteiger partial charge in [-0.2, -0.15) is 28.6 Å². The highest BCUT2D eigenvalue weighted by Gasteiger charge is 2.38. The van der Waals surface area contributed by atoms with Gasteiger partial charge in [0.05, 0.1) is 5.56 Å². The first kappa shape index (κ1) is 24.5. The van der Waals surface area contributed by atoms with Crippen LogP contribution in [0.5, 0.6) is 0 Å². The first-order chi connectivity index (χ1) is 17.2. The van der Waals surface area contributed by atoms with Gasteiger partial charge in [-0.3, -0.25) is 9.59 Å². The van der Waals surface area contributed by atoms with Crippen molar-refractivity contribution in [1.29, 1.82) is 0 Å². The number of aromatic nitrogens is 3. The zero-order valence-electron chi connectivity index (χ0n) is 19.4. The standard InChI is InChI=1S/C25H25ClF3N5O2/c26-20-10-15(9-19(12-20)25(27,28)29)1-4-23(35)33-7-5-17-13-34(14-18(17)6-8-33)24(36)16-2-3-21-22(11-16)31-32-30-21/h2-3,9-12,17-18H,1,4-8,13-14H2,(H,30,31,32). The van der Waals surface area contributed by atoms with Gasteiger partial charge in [-0.1, -0.05) is 11.6 Å². The Labute approximate surface area is 210 Å². The van der Waals surface area contributed by atoms with E-state index in [-0.39, 0.29) is 29.7 Å². The van der Waals surface area contributed by atoms with E-state index >= 15 is 0 Å². The van der Waals surface area contributed by atoms with Gasteiger partial charge in [0.2, 0.25) is 5.91 Å². The maximum atomic E-state index is 13.1. The molecule has 0 bridgehead atoms. The Morgan fingerprint density at radius 3 is 2.36 bits per heavy atom. The molecule has 2 unspecified atom stereocenters. The van der Waals surface area contributed by atoms with Crippen LogP contribution < -0.4 is 0 Å². The Morgan fingerprint density at radius 2 is 1.67 bits per heavy atom. The highest BCUT2D eigenvalue weighted by molar-refractivity contribution is 6.30. The number of amides is 2. The highest BCUT2D eigenvalue weighted by atomic mass is 35.5. The Balaban J connectivity index is 1.15. The molecule has 190 valence electrons. The summed E-state index contributed by atoms with van der Waals surface area (Å²) in [4.78, 5) is 29.6. The van der Waals surface area contributed by atoms with Crippen molar-refractivity contribution in [2.24, 2.45) is 11.8 Å². The van der Waals surface area contributed by atoms with E-state index in [1.165, 1.54) is 6.07 Å². The van der Waals surface area contributed by atoms with Crippen LogP contribution in [-0.4, -0.2) is 63.2 Å². The first-order valence-electron chi connectivity index (χ1n) is 11.9. The molecule has 36 heavy (non-hydrogen) atoms. The van der Waals surface area contributed by atoms with E-state index in [0.29, 0.717) is 60.2 Å². The molecule has 0 saturated carbocycles. The number of benzene rings is 2. The molecule has 3 aromatic rings. The third-order valence-electron chi connectivity index (χ3n) is 7.23. The summed E-state index contributed by atoms with van der Waals surface area (Å²) in [5.74, 6) is 0.521. The molecule has 2 aliphatic rings. The second-order valence-electron chi connectivity index (χ2n) is 9.56. The highest BCUT2D eigenvalue weighted by Crippen LogP contribution is 2.34. The van der Waals surface area contributed by atoms with Gasteiger partial charge in [-0.15, -0.1) is 0 Å². The minimum absolute atomic E-state index is 0.00919. The predicted octanol–water partition coefficient (Wildman–Crippen LogP) is 4.57. The minimum atomic E-state index is -4.48. The van der Waals surface area contributed by atoms with Crippen LogP contribution in [0.25, 0.3) is 11.0 Å². The molecule has 2 amide bonds. The number of nitrogens with one attached hydrogen (secondary N) is 1. The third kappa shape index (κ3) is 5.18. The van der Waals surface area contributed by atoms with E-state index < -0.39 is 11.7 Å². The van der Waals surface area contributed by atoms with Gasteiger partial charge >= 0.3 is 6.18 Å². The Bertz CT molecular complexity index is 1280. The minimum Gasteiger partial charge on any atom is -0.343 e. The summed E-state index contributed by atoms with van der Waals surface area (Å²) >= 11 is 5.86. The molecule has 2 fully saturated rings. The van der Waals surface area contributed by atoms with Crippen LogP contribution >= 0.6 is 11.6 Å². The van der Waals surface area contributed by atoms with Gasteiger partial charge < -0.3 is 9.80 Å². The van der Waals surface area contributed by atoms with Gasteiger partial charge in [0, 0.05) is 43.2 Å². The van der Waals surface area contributed by atoms with Gasteiger partial charge in [0.1, 0.15) is 11.0 Å². The number of hydrogen-bond donors (Lipinski definition) is 1. The van der Waals surface area contributed by atoms with Gasteiger partial charge in [-0.05, 0) is 73.1 Å². The Morgan fingerprint density at radius 1 is 0.972 bits per heavy atom. The molecule has 11 heteroatoms. The first-order valence-corrected chi connectivity index (χ1v) is 12.3. The predicted molar refractivity (Wildman–Crippen MR) is 127 cm³/mol. The van der Waals surface area contributed by atoms with E-state index in [1.807, 2.05) is 4.90 Å². The average molecular weight is 520 g/mol. The van der Waals surface area contributed by atoms with Gasteiger partial charge in [0.15, 0.2) is 0 Å². The molecule has 2 atom stereocenters. The smallest absolute Gasteiger partial charge is 0.343 e. The number of carbonyl (C=O) groups excluding carboxylic acids is 2. The SMILES string of the molecule is O=C(CCc1cc(Cl)cc(C(F)(F)F)c1)N1CCC2CN(C(=O)c3ccc4n[nH]nc4c3)CC2CC1. The topological polar surface area (TPSA) is 82.2 Å². The summed E-state index contributed by atoms with van der Waals surface area (Å²) in [5, 5.41) is 10.6. The van der Waals surface area contributed by atoms with E-state index in [4.69, 9.17) is 11.6 Å². The molecule has 0 spiro atoms. The van der Waals surface area contributed by atoms with Gasteiger partial charge in [0.25, 0.3) is 5.91 Å². The van der Waals surface area contributed by atoms with Crippen molar-refractivity contribution in [3.05, 3.63) is 58.1 Å². The van der Waals surface area contributed by atoms with Gasteiger partial charge in [-0.25, -0.2) is 0 Å². The zero-order valence-corrected chi connectivity index (χ0v) is 20.1. The molecule has 1 aromatic heterocycles. The number of halogens is 4. The van der Waals surface area contributed by atoms with Crippen LogP contribution in [0.1, 0.15) is 40.7 Å². The van der Waals surface area contributed by atoms with E-state index in [2.05, 4.69) is 15.4 Å². The fourth-order valence-corrected chi connectivity index (χ4v) is 5.54. The van der Waals surface area contributed by atoms with Crippen LogP contribution in [0.2, 0.25) is 5.02 Å². The second-order valence-corrected chi connectivity index (χ2v) is 10.00. The van der Waals surface area contributed by atoms with Crippen molar-refractivity contribution < 1.29 is 22.8 Å².